The maximum atomic E-state index is 2.37. The average molecular weight is 639 g/mol. The van der Waals surface area contributed by atoms with Crippen LogP contribution in [0.3, 0.4) is 0 Å². The Kier molecular flexibility index (Phi) is 6.47. The maximum Gasteiger partial charge on any atom is 0.0433 e. The van der Waals surface area contributed by atoms with E-state index in [1.807, 2.05) is 11.3 Å². The molecule has 49 heavy (non-hydrogen) atoms. The van der Waals surface area contributed by atoms with Crippen LogP contribution in [0.5, 0.6) is 0 Å². The Bertz CT molecular complexity index is 2810. The molecular formula is C48H30S. The summed E-state index contributed by atoms with van der Waals surface area (Å²) in [6.45, 7) is 0. The van der Waals surface area contributed by atoms with Gasteiger partial charge >= 0.3 is 0 Å². The SMILES string of the molecule is c1cc(-c2cccc3ccccc23)cc(-c2c3ccccc3c(-c3ccc(-c4cccc5c4sc4ccccc45)cc3)c3ccccc23)c1. The summed E-state index contributed by atoms with van der Waals surface area (Å²) >= 11 is 1.89. The van der Waals surface area contributed by atoms with E-state index in [1.54, 1.807) is 0 Å². The third-order valence-corrected chi connectivity index (χ3v) is 11.3. The van der Waals surface area contributed by atoms with Crippen LogP contribution in [0.1, 0.15) is 0 Å². The second-order valence-corrected chi connectivity index (χ2v) is 13.9. The molecule has 228 valence electrons. The molecular weight excluding hydrogens is 609 g/mol. The van der Waals surface area contributed by atoms with Crippen molar-refractivity contribution < 1.29 is 0 Å². The van der Waals surface area contributed by atoms with Gasteiger partial charge in [-0.05, 0) is 89.0 Å². The number of hydrogen-bond donors (Lipinski definition) is 0. The highest BCUT2D eigenvalue weighted by Gasteiger charge is 2.18. The van der Waals surface area contributed by atoms with Crippen molar-refractivity contribution in [2.24, 2.45) is 0 Å². The molecule has 10 rings (SSSR count). The minimum absolute atomic E-state index is 1.23. The lowest BCUT2D eigenvalue weighted by Gasteiger charge is -2.18. The summed E-state index contributed by atoms with van der Waals surface area (Å²) < 4.78 is 2.68. The van der Waals surface area contributed by atoms with Crippen LogP contribution in [0, 0.1) is 0 Å². The van der Waals surface area contributed by atoms with Crippen molar-refractivity contribution in [1.82, 2.24) is 0 Å². The van der Waals surface area contributed by atoms with Crippen LogP contribution in [0.15, 0.2) is 182 Å². The molecule has 0 N–H and O–H groups in total. The van der Waals surface area contributed by atoms with Gasteiger partial charge < -0.3 is 0 Å². The largest absolute Gasteiger partial charge is 0.135 e. The molecule has 0 saturated heterocycles. The zero-order valence-corrected chi connectivity index (χ0v) is 27.5. The van der Waals surface area contributed by atoms with Crippen LogP contribution in [0.4, 0.5) is 0 Å². The van der Waals surface area contributed by atoms with E-state index in [9.17, 15) is 0 Å². The van der Waals surface area contributed by atoms with E-state index in [0.29, 0.717) is 0 Å². The van der Waals surface area contributed by atoms with Crippen LogP contribution in [0.25, 0.3) is 97.0 Å². The first-order chi connectivity index (χ1) is 24.3. The quantitative estimate of drug-likeness (QED) is 0.168. The van der Waals surface area contributed by atoms with Crippen molar-refractivity contribution in [3.05, 3.63) is 182 Å². The third-order valence-electron chi connectivity index (χ3n) is 10.1. The molecule has 0 aliphatic rings. The number of thiophene rings is 1. The van der Waals surface area contributed by atoms with Crippen molar-refractivity contribution in [1.29, 1.82) is 0 Å². The van der Waals surface area contributed by atoms with Gasteiger partial charge in [0.15, 0.2) is 0 Å². The molecule has 10 aromatic rings. The van der Waals surface area contributed by atoms with Gasteiger partial charge in [-0.2, -0.15) is 0 Å². The fraction of sp³-hybridized carbons (Fsp3) is 0. The van der Waals surface area contributed by atoms with E-state index >= 15 is 0 Å². The first-order valence-electron chi connectivity index (χ1n) is 16.8. The molecule has 0 fully saturated rings. The molecule has 9 aromatic carbocycles. The summed E-state index contributed by atoms with van der Waals surface area (Å²) in [5, 5.41) is 10.3. The van der Waals surface area contributed by atoms with E-state index in [0.717, 1.165) is 0 Å². The number of benzene rings is 9. The van der Waals surface area contributed by atoms with Crippen LogP contribution < -0.4 is 0 Å². The molecule has 0 aliphatic carbocycles. The fourth-order valence-corrected chi connectivity index (χ4v) is 9.10. The van der Waals surface area contributed by atoms with Gasteiger partial charge in [0.05, 0.1) is 0 Å². The molecule has 0 spiro atoms. The second kappa shape index (κ2) is 11.3. The van der Waals surface area contributed by atoms with E-state index in [1.165, 1.54) is 97.0 Å². The van der Waals surface area contributed by atoms with Crippen LogP contribution in [-0.4, -0.2) is 0 Å². The highest BCUT2D eigenvalue weighted by atomic mass is 32.1. The topological polar surface area (TPSA) is 0 Å². The molecule has 0 nitrogen and oxygen atoms in total. The van der Waals surface area contributed by atoms with E-state index in [-0.39, 0.29) is 0 Å². The Morgan fingerprint density at radius 3 is 1.51 bits per heavy atom. The molecule has 0 radical (unpaired) electrons. The summed E-state index contributed by atoms with van der Waals surface area (Å²) in [6.07, 6.45) is 0. The summed E-state index contributed by atoms with van der Waals surface area (Å²) in [7, 11) is 0. The lowest BCUT2D eigenvalue weighted by atomic mass is 9.85. The molecule has 0 atom stereocenters. The molecule has 0 saturated carbocycles. The van der Waals surface area contributed by atoms with Crippen molar-refractivity contribution in [2.75, 3.05) is 0 Å². The van der Waals surface area contributed by atoms with Gasteiger partial charge in [-0.3, -0.25) is 0 Å². The van der Waals surface area contributed by atoms with Crippen LogP contribution >= 0.6 is 11.3 Å². The molecule has 0 aliphatic heterocycles. The zero-order chi connectivity index (χ0) is 32.3. The number of fused-ring (bicyclic) bond motifs is 6. The van der Waals surface area contributed by atoms with Crippen molar-refractivity contribution >= 4 is 63.8 Å². The van der Waals surface area contributed by atoms with Gasteiger partial charge in [0.2, 0.25) is 0 Å². The summed E-state index contributed by atoms with van der Waals surface area (Å²) in [5.74, 6) is 0. The zero-order valence-electron chi connectivity index (χ0n) is 26.7. The van der Waals surface area contributed by atoms with E-state index in [4.69, 9.17) is 0 Å². The smallest absolute Gasteiger partial charge is 0.0433 e. The lowest BCUT2D eigenvalue weighted by molar-refractivity contribution is 1.63. The van der Waals surface area contributed by atoms with Crippen LogP contribution in [-0.2, 0) is 0 Å². The highest BCUT2D eigenvalue weighted by Crippen LogP contribution is 2.45. The predicted molar refractivity (Wildman–Crippen MR) is 214 cm³/mol. The molecule has 0 amide bonds. The van der Waals surface area contributed by atoms with Crippen LogP contribution in [0.2, 0.25) is 0 Å². The summed E-state index contributed by atoms with van der Waals surface area (Å²) in [5.41, 5.74) is 10.1. The van der Waals surface area contributed by atoms with Crippen molar-refractivity contribution in [2.45, 2.75) is 0 Å². The van der Waals surface area contributed by atoms with Gasteiger partial charge in [-0.15, -0.1) is 11.3 Å². The van der Waals surface area contributed by atoms with Gasteiger partial charge in [-0.25, -0.2) is 0 Å². The lowest BCUT2D eigenvalue weighted by Crippen LogP contribution is -1.91. The fourth-order valence-electron chi connectivity index (χ4n) is 7.86. The number of hydrogen-bond acceptors (Lipinski definition) is 1. The third kappa shape index (κ3) is 4.51. The van der Waals surface area contributed by atoms with E-state index < -0.39 is 0 Å². The first kappa shape index (κ1) is 28.0. The molecule has 0 unspecified atom stereocenters. The number of rotatable bonds is 4. The van der Waals surface area contributed by atoms with Gasteiger partial charge in [0, 0.05) is 20.2 Å². The Morgan fingerprint density at radius 2 is 0.776 bits per heavy atom. The summed E-state index contributed by atoms with van der Waals surface area (Å²) in [6, 6.07) is 66.9. The Balaban J connectivity index is 1.15. The molecule has 0 bridgehead atoms. The Labute approximate surface area is 289 Å². The van der Waals surface area contributed by atoms with Crippen molar-refractivity contribution in [3.63, 3.8) is 0 Å². The highest BCUT2D eigenvalue weighted by molar-refractivity contribution is 7.26. The molecule has 1 heterocycles. The monoisotopic (exact) mass is 638 g/mol. The normalized spacial score (nSPS) is 11.7. The predicted octanol–water partition coefficient (Wildman–Crippen LogP) is 14.2. The Hall–Kier alpha value is -6.02. The minimum Gasteiger partial charge on any atom is -0.135 e. The van der Waals surface area contributed by atoms with Gasteiger partial charge in [0.1, 0.15) is 0 Å². The Morgan fingerprint density at radius 1 is 0.286 bits per heavy atom. The van der Waals surface area contributed by atoms with E-state index in [2.05, 4.69) is 182 Å². The average Bonchev–Trinajstić information content (AvgIpc) is 3.56. The second-order valence-electron chi connectivity index (χ2n) is 12.8. The molecule has 1 heteroatoms. The minimum atomic E-state index is 1.23. The summed E-state index contributed by atoms with van der Waals surface area (Å²) in [4.78, 5) is 0. The van der Waals surface area contributed by atoms with Gasteiger partial charge in [0.25, 0.3) is 0 Å². The maximum absolute atomic E-state index is 2.37. The van der Waals surface area contributed by atoms with Gasteiger partial charge in [-0.1, -0.05) is 170 Å². The first-order valence-corrected chi connectivity index (χ1v) is 17.7. The standard InChI is InChI=1S/C48H30S/c1-2-16-36-31(12-1)13-10-22-37(36)34-14-9-15-35(30-34)47-42-20-5-3-18-40(42)46(41-19-4-6-21-43(41)47)33-28-26-32(27-29-33)38-23-11-24-44-39-17-7-8-25-45(39)49-48(38)44/h1-30H. The molecule has 1 aromatic heterocycles. The van der Waals surface area contributed by atoms with Crippen molar-refractivity contribution in [3.8, 4) is 44.5 Å².